The fourth-order valence-corrected chi connectivity index (χ4v) is 2.84. The molecule has 0 bridgehead atoms. The number of H-pyrrole nitrogens is 1. The van der Waals surface area contributed by atoms with Gasteiger partial charge in [-0.1, -0.05) is 6.07 Å². The van der Waals surface area contributed by atoms with Gasteiger partial charge in [0.25, 0.3) is 0 Å². The number of aryl methyl sites for hydroxylation is 1. The van der Waals surface area contributed by atoms with E-state index in [2.05, 4.69) is 54.6 Å². The molecule has 2 N–H and O–H groups in total. The molecule has 90 valence electrons. The summed E-state index contributed by atoms with van der Waals surface area (Å²) in [5, 5.41) is 10.8. The first-order valence-electron chi connectivity index (χ1n) is 5.19. The molecule has 2 aromatic rings. The highest BCUT2D eigenvalue weighted by Gasteiger charge is 2.07. The SMILES string of the molecule is CNCc1ccc(Sc2n[nH]c(C)n2)c(Br)c1. The highest BCUT2D eigenvalue weighted by Crippen LogP contribution is 2.32. The maximum atomic E-state index is 4.27. The fourth-order valence-electron chi connectivity index (χ4n) is 1.41. The van der Waals surface area contributed by atoms with Gasteiger partial charge in [0.1, 0.15) is 5.82 Å². The Hall–Kier alpha value is -0.850. The number of benzene rings is 1. The molecule has 0 atom stereocenters. The number of hydrogen-bond donors (Lipinski definition) is 2. The van der Waals surface area contributed by atoms with Gasteiger partial charge in [0, 0.05) is 15.9 Å². The minimum Gasteiger partial charge on any atom is -0.316 e. The number of rotatable bonds is 4. The molecule has 0 aliphatic heterocycles. The van der Waals surface area contributed by atoms with E-state index in [0.29, 0.717) is 0 Å². The van der Waals surface area contributed by atoms with Gasteiger partial charge >= 0.3 is 0 Å². The summed E-state index contributed by atoms with van der Waals surface area (Å²) in [6.45, 7) is 2.76. The highest BCUT2D eigenvalue weighted by molar-refractivity contribution is 9.10. The summed E-state index contributed by atoms with van der Waals surface area (Å²) in [6.07, 6.45) is 0. The van der Waals surface area contributed by atoms with Crippen molar-refractivity contribution in [2.24, 2.45) is 0 Å². The third-order valence-corrected chi connectivity index (χ3v) is 4.01. The molecule has 17 heavy (non-hydrogen) atoms. The second kappa shape index (κ2) is 5.66. The van der Waals surface area contributed by atoms with Crippen molar-refractivity contribution < 1.29 is 0 Å². The monoisotopic (exact) mass is 312 g/mol. The summed E-state index contributed by atoms with van der Waals surface area (Å²) in [5.41, 5.74) is 1.25. The van der Waals surface area contributed by atoms with Crippen molar-refractivity contribution in [3.05, 3.63) is 34.1 Å². The van der Waals surface area contributed by atoms with Crippen molar-refractivity contribution in [1.29, 1.82) is 0 Å². The van der Waals surface area contributed by atoms with Gasteiger partial charge in [0.2, 0.25) is 5.16 Å². The van der Waals surface area contributed by atoms with E-state index >= 15 is 0 Å². The van der Waals surface area contributed by atoms with Crippen LogP contribution in [0.5, 0.6) is 0 Å². The maximum Gasteiger partial charge on any atom is 0.213 e. The van der Waals surface area contributed by atoms with Gasteiger partial charge in [-0.3, -0.25) is 5.10 Å². The Bertz CT molecular complexity index is 512. The molecule has 6 heteroatoms. The number of nitrogens with zero attached hydrogens (tertiary/aromatic N) is 2. The topological polar surface area (TPSA) is 53.6 Å². The fraction of sp³-hybridized carbons (Fsp3) is 0.273. The predicted molar refractivity (Wildman–Crippen MR) is 72.1 cm³/mol. The van der Waals surface area contributed by atoms with Gasteiger partial charge in [0.05, 0.1) is 0 Å². The minimum atomic E-state index is 0.740. The van der Waals surface area contributed by atoms with E-state index in [4.69, 9.17) is 0 Å². The van der Waals surface area contributed by atoms with Crippen LogP contribution >= 0.6 is 27.7 Å². The highest BCUT2D eigenvalue weighted by atomic mass is 79.9. The van der Waals surface area contributed by atoms with E-state index in [9.17, 15) is 0 Å². The van der Waals surface area contributed by atoms with Crippen LogP contribution in [0.4, 0.5) is 0 Å². The molecule has 1 aromatic heterocycles. The molecule has 0 amide bonds. The number of aromatic amines is 1. The first kappa shape index (κ1) is 12.6. The third-order valence-electron chi connectivity index (χ3n) is 2.16. The van der Waals surface area contributed by atoms with Crippen molar-refractivity contribution in [3.63, 3.8) is 0 Å². The molecule has 0 spiro atoms. The van der Waals surface area contributed by atoms with Crippen LogP contribution in [-0.2, 0) is 6.54 Å². The normalized spacial score (nSPS) is 10.8. The molecule has 0 saturated heterocycles. The lowest BCUT2D eigenvalue weighted by Gasteiger charge is -2.05. The molecular formula is C11H13BrN4S. The van der Waals surface area contributed by atoms with Crippen LogP contribution in [0.3, 0.4) is 0 Å². The number of hydrogen-bond acceptors (Lipinski definition) is 4. The van der Waals surface area contributed by atoms with Crippen LogP contribution in [0.15, 0.2) is 32.7 Å². The van der Waals surface area contributed by atoms with Crippen LogP contribution in [0.25, 0.3) is 0 Å². The van der Waals surface area contributed by atoms with Crippen LogP contribution in [0.2, 0.25) is 0 Å². The Morgan fingerprint density at radius 2 is 2.29 bits per heavy atom. The average molecular weight is 313 g/mol. The molecule has 1 heterocycles. The van der Waals surface area contributed by atoms with Crippen LogP contribution in [0.1, 0.15) is 11.4 Å². The van der Waals surface area contributed by atoms with Crippen molar-refractivity contribution >= 4 is 27.7 Å². The zero-order chi connectivity index (χ0) is 12.3. The van der Waals surface area contributed by atoms with Crippen LogP contribution < -0.4 is 5.32 Å². The Morgan fingerprint density at radius 3 is 2.88 bits per heavy atom. The van der Waals surface area contributed by atoms with Gasteiger partial charge in [-0.15, -0.1) is 5.10 Å². The molecule has 0 aliphatic rings. The largest absolute Gasteiger partial charge is 0.316 e. The third kappa shape index (κ3) is 3.31. The summed E-state index contributed by atoms with van der Waals surface area (Å²) >= 11 is 5.11. The number of halogens is 1. The Kier molecular flexibility index (Phi) is 4.20. The zero-order valence-electron chi connectivity index (χ0n) is 9.62. The molecule has 2 rings (SSSR count). The standard InChI is InChI=1S/C11H13BrN4S/c1-7-14-11(16-15-7)17-10-4-3-8(6-13-2)5-9(10)12/h3-5,13H,6H2,1-2H3,(H,14,15,16). The van der Waals surface area contributed by atoms with E-state index in [1.807, 2.05) is 14.0 Å². The van der Waals surface area contributed by atoms with Gasteiger partial charge in [-0.2, -0.15) is 0 Å². The molecular weight excluding hydrogens is 300 g/mol. The van der Waals surface area contributed by atoms with Crippen LogP contribution in [0, 0.1) is 6.92 Å². The van der Waals surface area contributed by atoms with Crippen molar-refractivity contribution in [2.75, 3.05) is 7.05 Å². The first-order valence-corrected chi connectivity index (χ1v) is 6.80. The Labute approximate surface area is 113 Å². The van der Waals surface area contributed by atoms with Crippen LogP contribution in [-0.4, -0.2) is 22.2 Å². The Balaban J connectivity index is 2.16. The summed E-state index contributed by atoms with van der Waals surface area (Å²) in [7, 11) is 1.94. The smallest absolute Gasteiger partial charge is 0.213 e. The summed E-state index contributed by atoms with van der Waals surface area (Å²) < 4.78 is 1.07. The zero-order valence-corrected chi connectivity index (χ0v) is 12.0. The molecule has 4 nitrogen and oxygen atoms in total. The van der Waals surface area contributed by atoms with Gasteiger partial charge in [-0.05, 0) is 59.4 Å². The lowest BCUT2D eigenvalue weighted by Crippen LogP contribution is -2.04. The van der Waals surface area contributed by atoms with Gasteiger partial charge in [-0.25, -0.2) is 4.98 Å². The predicted octanol–water partition coefficient (Wildman–Crippen LogP) is 2.75. The Morgan fingerprint density at radius 1 is 1.47 bits per heavy atom. The number of aromatic nitrogens is 3. The lowest BCUT2D eigenvalue weighted by atomic mass is 10.2. The average Bonchev–Trinajstić information content (AvgIpc) is 2.69. The molecule has 0 saturated carbocycles. The molecule has 0 aliphatic carbocycles. The molecule has 0 fully saturated rings. The van der Waals surface area contributed by atoms with E-state index in [-0.39, 0.29) is 0 Å². The second-order valence-electron chi connectivity index (χ2n) is 3.60. The van der Waals surface area contributed by atoms with E-state index in [0.717, 1.165) is 26.9 Å². The molecule has 0 radical (unpaired) electrons. The summed E-state index contributed by atoms with van der Waals surface area (Å²) in [5.74, 6) is 0.829. The van der Waals surface area contributed by atoms with E-state index in [1.165, 1.54) is 5.56 Å². The maximum absolute atomic E-state index is 4.27. The summed E-state index contributed by atoms with van der Waals surface area (Å²) in [6, 6.07) is 6.29. The first-order chi connectivity index (χ1) is 8.19. The second-order valence-corrected chi connectivity index (χ2v) is 5.46. The lowest BCUT2D eigenvalue weighted by molar-refractivity contribution is 0.816. The van der Waals surface area contributed by atoms with Gasteiger partial charge < -0.3 is 5.32 Å². The van der Waals surface area contributed by atoms with E-state index < -0.39 is 0 Å². The molecule has 1 aromatic carbocycles. The molecule has 0 unspecified atom stereocenters. The minimum absolute atomic E-state index is 0.740. The summed E-state index contributed by atoms with van der Waals surface area (Å²) in [4.78, 5) is 5.38. The van der Waals surface area contributed by atoms with Crippen molar-refractivity contribution in [2.45, 2.75) is 23.5 Å². The quantitative estimate of drug-likeness (QED) is 0.911. The number of nitrogens with one attached hydrogen (secondary N) is 2. The van der Waals surface area contributed by atoms with Crippen molar-refractivity contribution in [3.8, 4) is 0 Å². The van der Waals surface area contributed by atoms with Gasteiger partial charge in [0.15, 0.2) is 0 Å². The van der Waals surface area contributed by atoms with E-state index in [1.54, 1.807) is 11.8 Å². The van der Waals surface area contributed by atoms with Crippen molar-refractivity contribution in [1.82, 2.24) is 20.5 Å².